The molecule has 21 heavy (non-hydrogen) atoms. The van der Waals surface area contributed by atoms with Gasteiger partial charge in [-0.1, -0.05) is 0 Å². The maximum atomic E-state index is 12.1. The van der Waals surface area contributed by atoms with Gasteiger partial charge in [0.1, 0.15) is 13.2 Å². The van der Waals surface area contributed by atoms with Gasteiger partial charge < -0.3 is 14.7 Å². The lowest BCUT2D eigenvalue weighted by Gasteiger charge is -2.21. The van der Waals surface area contributed by atoms with Gasteiger partial charge in [-0.05, 0) is 35.2 Å². The third-order valence-electron chi connectivity index (χ3n) is 2.89. The van der Waals surface area contributed by atoms with E-state index in [2.05, 4.69) is 10.1 Å². The molecule has 1 aromatic rings. The largest absolute Gasteiger partial charge is 0.480 e. The first-order valence-corrected chi connectivity index (χ1v) is 7.41. The maximum Gasteiger partial charge on any atom is 0.329 e. The fraction of sp³-hybridized carbons (Fsp3) is 0.462. The number of amides is 3. The van der Waals surface area contributed by atoms with E-state index in [-0.39, 0.29) is 6.04 Å². The van der Waals surface area contributed by atoms with Crippen LogP contribution in [-0.4, -0.2) is 47.2 Å². The molecule has 114 valence electrons. The van der Waals surface area contributed by atoms with Crippen LogP contribution in [0.1, 0.15) is 18.4 Å². The van der Waals surface area contributed by atoms with E-state index < -0.39 is 31.1 Å². The summed E-state index contributed by atoms with van der Waals surface area (Å²) in [5.41, 5.74) is 1.02. The number of carboxylic acids is 1. The van der Waals surface area contributed by atoms with Gasteiger partial charge in [-0.3, -0.25) is 10.1 Å². The van der Waals surface area contributed by atoms with Gasteiger partial charge in [0, 0.05) is 12.6 Å². The summed E-state index contributed by atoms with van der Waals surface area (Å²) < 4.78 is 4.64. The van der Waals surface area contributed by atoms with Crippen LogP contribution in [0.15, 0.2) is 16.8 Å². The maximum absolute atomic E-state index is 12.1. The summed E-state index contributed by atoms with van der Waals surface area (Å²) >= 11 is 1.55. The Balaban J connectivity index is 1.81. The molecule has 0 spiro atoms. The number of hydrogen-bond acceptors (Lipinski definition) is 5. The molecular formula is C13H16N2O5S. The number of rotatable bonds is 7. The summed E-state index contributed by atoms with van der Waals surface area (Å²) in [4.78, 5) is 35.5. The minimum absolute atomic E-state index is 0.164. The molecule has 0 saturated heterocycles. The van der Waals surface area contributed by atoms with Crippen LogP contribution in [0.3, 0.4) is 0 Å². The zero-order chi connectivity index (χ0) is 15.2. The van der Waals surface area contributed by atoms with E-state index in [1.807, 2.05) is 16.8 Å². The predicted octanol–water partition coefficient (Wildman–Crippen LogP) is 1.05. The third kappa shape index (κ3) is 5.16. The van der Waals surface area contributed by atoms with Gasteiger partial charge in [0.15, 0.2) is 0 Å². The monoisotopic (exact) mass is 312 g/mol. The number of ether oxygens (including phenoxy) is 1. The first kappa shape index (κ1) is 15.5. The lowest BCUT2D eigenvalue weighted by molar-refractivity contribution is -0.143. The van der Waals surface area contributed by atoms with Gasteiger partial charge in [-0.15, -0.1) is 0 Å². The summed E-state index contributed by atoms with van der Waals surface area (Å²) in [6, 6.07) is 1.63. The second-order valence-corrected chi connectivity index (χ2v) is 5.51. The third-order valence-corrected chi connectivity index (χ3v) is 3.62. The number of imide groups is 1. The number of aliphatic carboxylic acids is 1. The zero-order valence-corrected chi connectivity index (χ0v) is 12.1. The summed E-state index contributed by atoms with van der Waals surface area (Å²) in [5, 5.41) is 14.5. The normalized spacial score (nSPS) is 13.7. The highest BCUT2D eigenvalue weighted by Crippen LogP contribution is 2.28. The minimum Gasteiger partial charge on any atom is -0.480 e. The number of carbonyl (C=O) groups excluding carboxylic acids is 2. The molecule has 1 fully saturated rings. The van der Waals surface area contributed by atoms with Crippen molar-refractivity contribution in [2.24, 2.45) is 0 Å². The van der Waals surface area contributed by atoms with E-state index in [1.54, 1.807) is 16.2 Å². The molecular weight excluding hydrogens is 296 g/mol. The SMILES string of the molecule is O=C(O)COCC(=O)NC(=O)N(Cc1ccsc1)C1CC1. The van der Waals surface area contributed by atoms with Crippen molar-refractivity contribution >= 4 is 29.2 Å². The fourth-order valence-electron chi connectivity index (χ4n) is 1.79. The van der Waals surface area contributed by atoms with Gasteiger partial charge in [0.2, 0.25) is 0 Å². The Morgan fingerprint density at radius 3 is 2.71 bits per heavy atom. The summed E-state index contributed by atoms with van der Waals surface area (Å²) in [5.74, 6) is -1.80. The van der Waals surface area contributed by atoms with Crippen molar-refractivity contribution in [2.45, 2.75) is 25.4 Å². The van der Waals surface area contributed by atoms with Crippen LogP contribution in [0, 0.1) is 0 Å². The Kier molecular flexibility index (Phi) is 5.29. The van der Waals surface area contributed by atoms with Gasteiger partial charge >= 0.3 is 12.0 Å². The van der Waals surface area contributed by atoms with Crippen molar-refractivity contribution in [3.05, 3.63) is 22.4 Å². The average Bonchev–Trinajstić information content (AvgIpc) is 3.12. The number of thiophene rings is 1. The number of nitrogens with zero attached hydrogens (tertiary/aromatic N) is 1. The first-order chi connectivity index (χ1) is 10.1. The highest BCUT2D eigenvalue weighted by atomic mass is 32.1. The Morgan fingerprint density at radius 1 is 1.38 bits per heavy atom. The Morgan fingerprint density at radius 2 is 2.14 bits per heavy atom. The van der Waals surface area contributed by atoms with E-state index in [0.29, 0.717) is 6.54 Å². The molecule has 7 nitrogen and oxygen atoms in total. The van der Waals surface area contributed by atoms with Crippen LogP contribution >= 0.6 is 11.3 Å². The highest BCUT2D eigenvalue weighted by Gasteiger charge is 2.33. The van der Waals surface area contributed by atoms with Crippen LogP contribution in [-0.2, 0) is 20.9 Å². The number of carboxylic acid groups (broad SMARTS) is 1. The molecule has 0 atom stereocenters. The molecule has 0 aromatic carbocycles. The lowest BCUT2D eigenvalue weighted by Crippen LogP contribution is -2.44. The van der Waals surface area contributed by atoms with Crippen molar-refractivity contribution in [3.63, 3.8) is 0 Å². The van der Waals surface area contributed by atoms with Crippen LogP contribution in [0.2, 0.25) is 0 Å². The smallest absolute Gasteiger partial charge is 0.329 e. The Hall–Kier alpha value is -1.93. The zero-order valence-electron chi connectivity index (χ0n) is 11.3. The second-order valence-electron chi connectivity index (χ2n) is 4.73. The fourth-order valence-corrected chi connectivity index (χ4v) is 2.45. The van der Waals surface area contributed by atoms with E-state index in [4.69, 9.17) is 5.11 Å². The van der Waals surface area contributed by atoms with E-state index in [1.165, 1.54) is 0 Å². The van der Waals surface area contributed by atoms with E-state index in [9.17, 15) is 14.4 Å². The van der Waals surface area contributed by atoms with Crippen LogP contribution in [0.5, 0.6) is 0 Å². The Bertz CT molecular complexity index is 513. The van der Waals surface area contributed by atoms with E-state index in [0.717, 1.165) is 18.4 Å². The topological polar surface area (TPSA) is 95.9 Å². The van der Waals surface area contributed by atoms with Crippen molar-refractivity contribution in [1.82, 2.24) is 10.2 Å². The van der Waals surface area contributed by atoms with Gasteiger partial charge in [-0.2, -0.15) is 11.3 Å². The molecule has 1 aliphatic carbocycles. The molecule has 0 radical (unpaired) electrons. The van der Waals surface area contributed by atoms with Crippen LogP contribution < -0.4 is 5.32 Å². The molecule has 1 saturated carbocycles. The van der Waals surface area contributed by atoms with Crippen LogP contribution in [0.4, 0.5) is 4.79 Å². The molecule has 0 bridgehead atoms. The molecule has 0 aliphatic heterocycles. The van der Waals surface area contributed by atoms with Crippen molar-refractivity contribution in [3.8, 4) is 0 Å². The van der Waals surface area contributed by atoms with Gasteiger partial charge in [0.05, 0.1) is 0 Å². The first-order valence-electron chi connectivity index (χ1n) is 6.47. The number of urea groups is 1. The number of nitrogens with one attached hydrogen (secondary N) is 1. The van der Waals surface area contributed by atoms with Gasteiger partial charge in [-0.25, -0.2) is 9.59 Å². The molecule has 2 N–H and O–H groups in total. The van der Waals surface area contributed by atoms with Crippen LogP contribution in [0.25, 0.3) is 0 Å². The molecule has 1 aromatic heterocycles. The molecule has 1 heterocycles. The minimum atomic E-state index is -1.16. The standard InChI is InChI=1S/C13H16N2O5S/c16-11(6-20-7-12(17)18)14-13(19)15(10-1-2-10)5-9-3-4-21-8-9/h3-4,8,10H,1-2,5-7H2,(H,17,18)(H,14,16,19). The Labute approximate surface area is 125 Å². The van der Waals surface area contributed by atoms with Gasteiger partial charge in [0.25, 0.3) is 5.91 Å². The summed E-state index contributed by atoms with van der Waals surface area (Å²) in [6.45, 7) is -0.554. The quantitative estimate of drug-likeness (QED) is 0.784. The van der Waals surface area contributed by atoms with Crippen molar-refractivity contribution < 1.29 is 24.2 Å². The molecule has 3 amide bonds. The predicted molar refractivity (Wildman–Crippen MR) is 74.9 cm³/mol. The molecule has 2 rings (SSSR count). The van der Waals surface area contributed by atoms with E-state index >= 15 is 0 Å². The highest BCUT2D eigenvalue weighted by molar-refractivity contribution is 7.07. The second kappa shape index (κ2) is 7.19. The summed E-state index contributed by atoms with van der Waals surface area (Å²) in [7, 11) is 0. The molecule has 1 aliphatic rings. The number of hydrogen-bond donors (Lipinski definition) is 2. The average molecular weight is 312 g/mol. The molecule has 0 unspecified atom stereocenters. The van der Waals surface area contributed by atoms with Crippen molar-refractivity contribution in [2.75, 3.05) is 13.2 Å². The summed E-state index contributed by atoms with van der Waals surface area (Å²) in [6.07, 6.45) is 1.86. The lowest BCUT2D eigenvalue weighted by atomic mass is 10.3. The number of carbonyl (C=O) groups is 3. The molecule has 8 heteroatoms. The van der Waals surface area contributed by atoms with Crippen molar-refractivity contribution in [1.29, 1.82) is 0 Å².